The Bertz CT molecular complexity index is 711. The smallest absolute Gasteiger partial charge is 0.484 e. The van der Waals surface area contributed by atoms with E-state index in [9.17, 15) is 26.3 Å². The maximum Gasteiger partial charge on any atom is 0.573 e. The number of halogens is 6. The van der Waals surface area contributed by atoms with Crippen LogP contribution in [0.15, 0.2) is 30.6 Å². The van der Waals surface area contributed by atoms with Gasteiger partial charge in [-0.05, 0) is 18.2 Å². The molecule has 11 heteroatoms. The number of ether oxygens (including phenoxy) is 2. The third kappa shape index (κ3) is 5.85. The molecule has 1 aromatic carbocycles. The van der Waals surface area contributed by atoms with Gasteiger partial charge >= 0.3 is 12.5 Å². The summed E-state index contributed by atoms with van der Waals surface area (Å²) in [5.74, 6) is -0.840. The molecular weight excluding hydrogens is 356 g/mol. The second-order valence-electron chi connectivity index (χ2n) is 4.89. The molecule has 2 aromatic rings. The fourth-order valence-corrected chi connectivity index (χ4v) is 1.96. The Morgan fingerprint density at radius 1 is 1.12 bits per heavy atom. The summed E-state index contributed by atoms with van der Waals surface area (Å²) in [6, 6.07) is 2.87. The highest BCUT2D eigenvalue weighted by molar-refractivity contribution is 5.71. The van der Waals surface area contributed by atoms with Gasteiger partial charge in [0.25, 0.3) is 0 Å². The third-order valence-corrected chi connectivity index (χ3v) is 2.88. The SMILES string of the molecule is NCCn1cc(-c2cc(OCC(F)(F)F)ccc2OC(F)(F)F)cn1. The van der Waals surface area contributed by atoms with E-state index in [4.69, 9.17) is 5.73 Å². The van der Waals surface area contributed by atoms with Crippen LogP contribution in [0.2, 0.25) is 0 Å². The lowest BCUT2D eigenvalue weighted by Crippen LogP contribution is -2.19. The van der Waals surface area contributed by atoms with Crippen LogP contribution >= 0.6 is 0 Å². The average molecular weight is 369 g/mol. The number of benzene rings is 1. The molecule has 138 valence electrons. The Morgan fingerprint density at radius 2 is 1.84 bits per heavy atom. The first-order valence-electron chi connectivity index (χ1n) is 6.89. The molecule has 1 heterocycles. The summed E-state index contributed by atoms with van der Waals surface area (Å²) in [6.45, 7) is -1.00. The summed E-state index contributed by atoms with van der Waals surface area (Å²) in [6.07, 6.45) is -6.88. The summed E-state index contributed by atoms with van der Waals surface area (Å²) < 4.78 is 84.1. The average Bonchev–Trinajstić information content (AvgIpc) is 2.92. The summed E-state index contributed by atoms with van der Waals surface area (Å²) in [4.78, 5) is 0. The minimum atomic E-state index is -4.96. The van der Waals surface area contributed by atoms with E-state index in [2.05, 4.69) is 14.6 Å². The van der Waals surface area contributed by atoms with E-state index in [1.807, 2.05) is 0 Å². The number of nitrogens with zero attached hydrogens (tertiary/aromatic N) is 2. The topological polar surface area (TPSA) is 62.3 Å². The van der Waals surface area contributed by atoms with Gasteiger partial charge in [0.05, 0.1) is 12.7 Å². The van der Waals surface area contributed by atoms with Crippen LogP contribution in [0.4, 0.5) is 26.3 Å². The van der Waals surface area contributed by atoms with Gasteiger partial charge in [0.15, 0.2) is 6.61 Å². The van der Waals surface area contributed by atoms with Gasteiger partial charge in [0, 0.05) is 23.9 Å². The number of aromatic nitrogens is 2. The summed E-state index contributed by atoms with van der Waals surface area (Å²) >= 11 is 0. The predicted octanol–water partition coefficient (Wildman–Crippen LogP) is 3.35. The molecule has 1 aromatic heterocycles. The zero-order valence-corrected chi connectivity index (χ0v) is 12.6. The molecule has 2 N–H and O–H groups in total. The van der Waals surface area contributed by atoms with Crippen LogP contribution in [0.1, 0.15) is 0 Å². The van der Waals surface area contributed by atoms with Crippen molar-refractivity contribution >= 4 is 0 Å². The number of hydrogen-bond donors (Lipinski definition) is 1. The van der Waals surface area contributed by atoms with Crippen molar-refractivity contribution in [3.05, 3.63) is 30.6 Å². The second kappa shape index (κ2) is 7.21. The minimum Gasteiger partial charge on any atom is -0.484 e. The maximum absolute atomic E-state index is 12.5. The lowest BCUT2D eigenvalue weighted by molar-refractivity contribution is -0.274. The van der Waals surface area contributed by atoms with Crippen molar-refractivity contribution in [2.45, 2.75) is 19.1 Å². The maximum atomic E-state index is 12.5. The molecule has 0 unspecified atom stereocenters. The van der Waals surface area contributed by atoms with Crippen molar-refractivity contribution in [2.24, 2.45) is 5.73 Å². The molecule has 0 atom stereocenters. The van der Waals surface area contributed by atoms with Gasteiger partial charge in [-0.15, -0.1) is 13.2 Å². The zero-order chi connectivity index (χ0) is 18.7. The van der Waals surface area contributed by atoms with Crippen molar-refractivity contribution in [3.63, 3.8) is 0 Å². The molecule has 5 nitrogen and oxygen atoms in total. The van der Waals surface area contributed by atoms with Gasteiger partial charge in [0.1, 0.15) is 11.5 Å². The van der Waals surface area contributed by atoms with E-state index in [-0.39, 0.29) is 23.4 Å². The van der Waals surface area contributed by atoms with Crippen molar-refractivity contribution in [1.82, 2.24) is 9.78 Å². The highest BCUT2D eigenvalue weighted by atomic mass is 19.4. The van der Waals surface area contributed by atoms with Crippen LogP contribution in [0.25, 0.3) is 11.1 Å². The Kier molecular flexibility index (Phi) is 5.45. The Hall–Kier alpha value is -2.43. The Labute approximate surface area is 137 Å². The van der Waals surface area contributed by atoms with Crippen LogP contribution in [-0.2, 0) is 6.54 Å². The van der Waals surface area contributed by atoms with Crippen molar-refractivity contribution in [3.8, 4) is 22.6 Å². The largest absolute Gasteiger partial charge is 0.573 e. The number of nitrogens with two attached hydrogens (primary N) is 1. The van der Waals surface area contributed by atoms with Gasteiger partial charge in [0.2, 0.25) is 0 Å². The molecular formula is C14H13F6N3O2. The van der Waals surface area contributed by atoms with E-state index in [1.54, 1.807) is 0 Å². The van der Waals surface area contributed by atoms with E-state index >= 15 is 0 Å². The third-order valence-electron chi connectivity index (χ3n) is 2.88. The molecule has 0 aliphatic carbocycles. The Morgan fingerprint density at radius 3 is 2.44 bits per heavy atom. The minimum absolute atomic E-state index is 0.111. The van der Waals surface area contributed by atoms with Crippen molar-refractivity contribution < 1.29 is 35.8 Å². The standard InChI is InChI=1S/C14H13F6N3O2/c15-13(16,17)8-24-10-1-2-12(25-14(18,19)20)11(5-10)9-6-22-23(7-9)4-3-21/h1-2,5-7H,3-4,8,21H2. The lowest BCUT2D eigenvalue weighted by atomic mass is 10.1. The molecule has 0 aliphatic rings. The van der Waals surface area contributed by atoms with Crippen molar-refractivity contribution in [1.29, 1.82) is 0 Å². The molecule has 2 rings (SSSR count). The van der Waals surface area contributed by atoms with Gasteiger partial charge in [-0.25, -0.2) is 0 Å². The molecule has 0 saturated carbocycles. The number of hydrogen-bond acceptors (Lipinski definition) is 4. The molecule has 0 bridgehead atoms. The number of rotatable bonds is 6. The van der Waals surface area contributed by atoms with Crippen molar-refractivity contribution in [2.75, 3.05) is 13.2 Å². The van der Waals surface area contributed by atoms with E-state index in [0.717, 1.165) is 18.2 Å². The van der Waals surface area contributed by atoms with E-state index in [0.29, 0.717) is 6.54 Å². The monoisotopic (exact) mass is 369 g/mol. The van der Waals surface area contributed by atoms with Gasteiger partial charge in [-0.3, -0.25) is 4.68 Å². The quantitative estimate of drug-likeness (QED) is 0.794. The molecule has 0 saturated heterocycles. The molecule has 0 fully saturated rings. The highest BCUT2D eigenvalue weighted by Crippen LogP contribution is 2.36. The molecule has 0 amide bonds. The number of alkyl halides is 6. The van der Waals surface area contributed by atoms with Gasteiger partial charge in [-0.2, -0.15) is 18.3 Å². The first-order valence-corrected chi connectivity index (χ1v) is 6.89. The predicted molar refractivity (Wildman–Crippen MR) is 75.0 cm³/mol. The Balaban J connectivity index is 2.36. The van der Waals surface area contributed by atoms with Gasteiger partial charge in [-0.1, -0.05) is 0 Å². The van der Waals surface area contributed by atoms with Crippen LogP contribution < -0.4 is 15.2 Å². The summed E-state index contributed by atoms with van der Waals surface area (Å²) in [5, 5.41) is 3.91. The molecule has 25 heavy (non-hydrogen) atoms. The van der Waals surface area contributed by atoms with Crippen LogP contribution in [0, 0.1) is 0 Å². The van der Waals surface area contributed by atoms with E-state index < -0.39 is 24.9 Å². The fourth-order valence-electron chi connectivity index (χ4n) is 1.96. The zero-order valence-electron chi connectivity index (χ0n) is 12.6. The molecule has 0 radical (unpaired) electrons. The fraction of sp³-hybridized carbons (Fsp3) is 0.357. The van der Waals surface area contributed by atoms with E-state index in [1.165, 1.54) is 17.1 Å². The normalized spacial score (nSPS) is 12.3. The molecule has 0 aliphatic heterocycles. The first kappa shape index (κ1) is 18.9. The first-order chi connectivity index (χ1) is 11.6. The lowest BCUT2D eigenvalue weighted by Gasteiger charge is -2.15. The molecule has 0 spiro atoms. The highest BCUT2D eigenvalue weighted by Gasteiger charge is 2.33. The summed E-state index contributed by atoms with van der Waals surface area (Å²) in [5.41, 5.74) is 5.47. The second-order valence-corrected chi connectivity index (χ2v) is 4.89. The van der Waals surface area contributed by atoms with Crippen LogP contribution in [0.5, 0.6) is 11.5 Å². The van der Waals surface area contributed by atoms with Crippen LogP contribution in [0.3, 0.4) is 0 Å². The summed E-state index contributed by atoms with van der Waals surface area (Å²) in [7, 11) is 0. The van der Waals surface area contributed by atoms with Gasteiger partial charge < -0.3 is 15.2 Å². The van der Waals surface area contributed by atoms with Crippen LogP contribution in [-0.4, -0.2) is 35.5 Å².